The van der Waals surface area contributed by atoms with Crippen LogP contribution in [-0.4, -0.2) is 41.5 Å². The van der Waals surface area contributed by atoms with Gasteiger partial charge < -0.3 is 10.2 Å². The Labute approximate surface area is 172 Å². The van der Waals surface area contributed by atoms with Crippen LogP contribution in [-0.2, 0) is 14.9 Å². The molecule has 6 nitrogen and oxygen atoms in total. The van der Waals surface area contributed by atoms with Gasteiger partial charge in [-0.15, -0.1) is 0 Å². The van der Waals surface area contributed by atoms with E-state index < -0.39 is 16.1 Å². The van der Waals surface area contributed by atoms with Crippen molar-refractivity contribution in [2.45, 2.75) is 103 Å². The van der Waals surface area contributed by atoms with Gasteiger partial charge in [0.15, 0.2) is 0 Å². The molecule has 0 rings (SSSR count). The van der Waals surface area contributed by atoms with Crippen LogP contribution in [0.3, 0.4) is 0 Å². The SMILES string of the molecule is CCCCCCCC/C=C\CCCCCCCC(=O)O.O=S(=O)(O)CCCO. The summed E-state index contributed by atoms with van der Waals surface area (Å²) in [5.74, 6) is -1.02. The van der Waals surface area contributed by atoms with Crippen molar-refractivity contribution >= 4 is 16.1 Å². The van der Waals surface area contributed by atoms with Crippen LogP contribution in [0.1, 0.15) is 103 Å². The number of carboxylic acids is 1. The zero-order chi connectivity index (χ0) is 21.5. The maximum Gasteiger partial charge on any atom is 0.303 e. The van der Waals surface area contributed by atoms with Crippen LogP contribution in [0.4, 0.5) is 0 Å². The summed E-state index contributed by atoms with van der Waals surface area (Å²) in [6.45, 7) is 2.05. The van der Waals surface area contributed by atoms with Crippen molar-refractivity contribution in [1.29, 1.82) is 0 Å². The van der Waals surface area contributed by atoms with Crippen LogP contribution in [0.15, 0.2) is 12.2 Å². The minimum absolute atomic E-state index is 0.0961. The van der Waals surface area contributed by atoms with Crippen molar-refractivity contribution in [2.24, 2.45) is 0 Å². The van der Waals surface area contributed by atoms with E-state index in [2.05, 4.69) is 19.1 Å². The van der Waals surface area contributed by atoms with Gasteiger partial charge in [-0.05, 0) is 38.5 Å². The lowest BCUT2D eigenvalue weighted by Gasteiger charge is -1.99. The Kier molecular flexibility index (Phi) is 23.4. The van der Waals surface area contributed by atoms with Crippen LogP contribution in [0.25, 0.3) is 0 Å². The lowest BCUT2D eigenvalue weighted by molar-refractivity contribution is -0.137. The first-order chi connectivity index (χ1) is 13.3. The zero-order valence-corrected chi connectivity index (χ0v) is 18.5. The molecule has 0 atom stereocenters. The van der Waals surface area contributed by atoms with Gasteiger partial charge in [0.1, 0.15) is 0 Å². The first-order valence-electron chi connectivity index (χ1n) is 10.8. The number of hydrogen-bond acceptors (Lipinski definition) is 4. The molecule has 0 radical (unpaired) electrons. The first kappa shape index (κ1) is 29.3. The second-order valence-corrected chi connectivity index (χ2v) is 8.66. The summed E-state index contributed by atoms with van der Waals surface area (Å²) in [6, 6.07) is 0. The lowest BCUT2D eigenvalue weighted by atomic mass is 10.1. The Bertz CT molecular complexity index is 460. The molecule has 0 amide bonds. The van der Waals surface area contributed by atoms with Crippen LogP contribution >= 0.6 is 0 Å². The van der Waals surface area contributed by atoms with Crippen molar-refractivity contribution in [3.8, 4) is 0 Å². The molecule has 7 heteroatoms. The second kappa shape index (κ2) is 22.4. The van der Waals surface area contributed by atoms with Crippen LogP contribution in [0.5, 0.6) is 0 Å². The summed E-state index contributed by atoms with van der Waals surface area (Å²) < 4.78 is 27.7. The van der Waals surface area contributed by atoms with E-state index >= 15 is 0 Å². The van der Waals surface area contributed by atoms with E-state index in [1.807, 2.05) is 0 Å². The molecular weight excluding hydrogens is 380 g/mol. The van der Waals surface area contributed by atoms with Gasteiger partial charge in [-0.1, -0.05) is 70.4 Å². The molecule has 0 unspecified atom stereocenters. The first-order valence-corrected chi connectivity index (χ1v) is 12.4. The van der Waals surface area contributed by atoms with E-state index in [1.54, 1.807) is 0 Å². The average Bonchev–Trinajstić information content (AvgIpc) is 2.63. The smallest absolute Gasteiger partial charge is 0.303 e. The molecule has 0 heterocycles. The summed E-state index contributed by atoms with van der Waals surface area (Å²) >= 11 is 0. The lowest BCUT2D eigenvalue weighted by Crippen LogP contribution is -2.04. The third-order valence-corrected chi connectivity index (χ3v) is 5.02. The van der Waals surface area contributed by atoms with Gasteiger partial charge in [-0.25, -0.2) is 0 Å². The number of aliphatic hydroxyl groups is 1. The Morgan fingerprint density at radius 1 is 0.786 bits per heavy atom. The predicted molar refractivity (Wildman–Crippen MR) is 115 cm³/mol. The van der Waals surface area contributed by atoms with Gasteiger partial charge in [-0.2, -0.15) is 8.42 Å². The topological polar surface area (TPSA) is 112 Å². The van der Waals surface area contributed by atoms with Crippen LogP contribution in [0.2, 0.25) is 0 Å². The molecule has 0 fully saturated rings. The molecule has 0 bridgehead atoms. The summed E-state index contributed by atoms with van der Waals surface area (Å²) in [7, 11) is -3.85. The molecule has 3 N–H and O–H groups in total. The maximum absolute atomic E-state index is 10.3. The number of rotatable bonds is 18. The standard InChI is InChI=1S/C18H34O2.C3H8O4S/c1-2-3-4-5-6-7-8-9-10-11-12-13-14-15-16-17-18(19)20;4-2-1-3-8(5,6)7/h9-10H,2-8,11-17H2,1H3,(H,19,20);4H,1-3H2,(H,5,6,7)/b10-9-;. The molecule has 0 aromatic rings. The Morgan fingerprint density at radius 2 is 1.25 bits per heavy atom. The number of aliphatic hydroxyl groups excluding tert-OH is 1. The zero-order valence-electron chi connectivity index (χ0n) is 17.7. The van der Waals surface area contributed by atoms with Crippen molar-refractivity contribution in [3.05, 3.63) is 12.2 Å². The molecule has 0 aliphatic heterocycles. The van der Waals surface area contributed by atoms with Crippen molar-refractivity contribution < 1.29 is 28.0 Å². The maximum atomic E-state index is 10.3. The number of unbranched alkanes of at least 4 members (excludes halogenated alkanes) is 11. The highest BCUT2D eigenvalue weighted by Gasteiger charge is 2.00. The Hall–Kier alpha value is -0.920. The average molecular weight is 423 g/mol. The van der Waals surface area contributed by atoms with Crippen molar-refractivity contribution in [3.63, 3.8) is 0 Å². The highest BCUT2D eigenvalue weighted by molar-refractivity contribution is 7.85. The predicted octanol–water partition coefficient (Wildman–Crippen LogP) is 5.37. The highest BCUT2D eigenvalue weighted by Crippen LogP contribution is 2.09. The van der Waals surface area contributed by atoms with Gasteiger partial charge >= 0.3 is 5.97 Å². The monoisotopic (exact) mass is 422 g/mol. The molecule has 0 spiro atoms. The number of carboxylic acid groups (broad SMARTS) is 1. The van der Waals surface area contributed by atoms with E-state index in [0.29, 0.717) is 6.42 Å². The van der Waals surface area contributed by atoms with E-state index in [-0.39, 0.29) is 18.8 Å². The number of aliphatic carboxylic acids is 1. The molecular formula is C21H42O6S. The minimum atomic E-state index is -3.85. The van der Waals surface area contributed by atoms with E-state index in [9.17, 15) is 13.2 Å². The quantitative estimate of drug-likeness (QED) is 0.156. The molecule has 0 saturated heterocycles. The van der Waals surface area contributed by atoms with Gasteiger partial charge in [0.2, 0.25) is 0 Å². The molecule has 0 saturated carbocycles. The van der Waals surface area contributed by atoms with Gasteiger partial charge in [-0.3, -0.25) is 9.35 Å². The van der Waals surface area contributed by atoms with E-state index in [1.165, 1.54) is 70.6 Å². The molecule has 168 valence electrons. The van der Waals surface area contributed by atoms with Crippen molar-refractivity contribution in [2.75, 3.05) is 12.4 Å². The second-order valence-electron chi connectivity index (χ2n) is 7.09. The minimum Gasteiger partial charge on any atom is -0.481 e. The van der Waals surface area contributed by atoms with Crippen molar-refractivity contribution in [1.82, 2.24) is 0 Å². The van der Waals surface area contributed by atoms with E-state index in [0.717, 1.165) is 12.8 Å². The molecule has 0 aromatic heterocycles. The van der Waals surface area contributed by atoms with Gasteiger partial charge in [0, 0.05) is 13.0 Å². The molecule has 28 heavy (non-hydrogen) atoms. The number of hydrogen-bond donors (Lipinski definition) is 3. The van der Waals surface area contributed by atoms with Gasteiger partial charge in [0.25, 0.3) is 10.1 Å². The summed E-state index contributed by atoms with van der Waals surface area (Å²) in [5, 5.41) is 16.6. The largest absolute Gasteiger partial charge is 0.481 e. The number of carbonyl (C=O) groups is 1. The van der Waals surface area contributed by atoms with Crippen LogP contribution in [0, 0.1) is 0 Å². The fraction of sp³-hybridized carbons (Fsp3) is 0.857. The Balaban J connectivity index is 0. The van der Waals surface area contributed by atoms with Gasteiger partial charge in [0.05, 0.1) is 5.75 Å². The third-order valence-electron chi connectivity index (χ3n) is 4.21. The molecule has 0 aliphatic rings. The fourth-order valence-electron chi connectivity index (χ4n) is 2.59. The fourth-order valence-corrected chi connectivity index (χ4v) is 3.09. The van der Waals surface area contributed by atoms with E-state index in [4.69, 9.17) is 14.8 Å². The van der Waals surface area contributed by atoms with Crippen LogP contribution < -0.4 is 0 Å². The number of allylic oxidation sites excluding steroid dienone is 2. The summed E-state index contributed by atoms with van der Waals surface area (Å²) in [5.41, 5.74) is 0. The Morgan fingerprint density at radius 3 is 1.64 bits per heavy atom. The summed E-state index contributed by atoms with van der Waals surface area (Å²) in [6.07, 6.45) is 21.3. The molecule has 0 aromatic carbocycles. The third kappa shape index (κ3) is 32.7. The summed E-state index contributed by atoms with van der Waals surface area (Å²) in [4.78, 5) is 10.3. The highest BCUT2D eigenvalue weighted by atomic mass is 32.2. The normalized spacial score (nSPS) is 11.4. The molecule has 0 aliphatic carbocycles.